The van der Waals surface area contributed by atoms with E-state index in [2.05, 4.69) is 47.6 Å². The lowest BCUT2D eigenvalue weighted by Gasteiger charge is -2.58. The predicted molar refractivity (Wildman–Crippen MR) is 146 cm³/mol. The Kier molecular flexibility index (Phi) is 8.20. The highest BCUT2D eigenvalue weighted by Crippen LogP contribution is 2.66. The molecular formula is C33H54O. The Hall–Kier alpha value is -0.850. The zero-order chi connectivity index (χ0) is 24.5. The van der Waals surface area contributed by atoms with Gasteiger partial charge in [-0.2, -0.15) is 0 Å². The quantitative estimate of drug-likeness (QED) is 0.325. The third-order valence-electron chi connectivity index (χ3n) is 12.0. The smallest absolute Gasteiger partial charge is 0.155 e. The van der Waals surface area contributed by atoms with Gasteiger partial charge in [0.05, 0.1) is 0 Å². The molecule has 6 aliphatic rings. The average molecular weight is 467 g/mol. The van der Waals surface area contributed by atoms with E-state index in [0.29, 0.717) is 16.6 Å². The molecule has 0 aliphatic heterocycles. The zero-order valence-electron chi connectivity index (χ0n) is 23.4. The molecule has 34 heavy (non-hydrogen) atoms. The van der Waals surface area contributed by atoms with Gasteiger partial charge in [0.15, 0.2) is 5.78 Å². The summed E-state index contributed by atoms with van der Waals surface area (Å²) in [4.78, 5) is 11.8. The maximum Gasteiger partial charge on any atom is 0.155 e. The van der Waals surface area contributed by atoms with Crippen LogP contribution in [-0.4, -0.2) is 5.78 Å². The summed E-state index contributed by atoms with van der Waals surface area (Å²) in [5.74, 6) is 6.08. The first-order valence-corrected chi connectivity index (χ1v) is 15.0. The van der Waals surface area contributed by atoms with Crippen molar-refractivity contribution in [2.24, 2.45) is 46.3 Å². The van der Waals surface area contributed by atoms with Crippen molar-refractivity contribution in [3.8, 4) is 0 Å². The molecule has 0 heterocycles. The Labute approximate surface area is 211 Å². The van der Waals surface area contributed by atoms with Crippen LogP contribution >= 0.6 is 0 Å². The van der Waals surface area contributed by atoms with E-state index in [9.17, 15) is 4.79 Å². The van der Waals surface area contributed by atoms with Gasteiger partial charge in [-0.1, -0.05) is 71.1 Å². The molecule has 0 bridgehead atoms. The van der Waals surface area contributed by atoms with E-state index in [1.165, 1.54) is 82.6 Å². The van der Waals surface area contributed by atoms with Crippen LogP contribution < -0.4 is 0 Å². The van der Waals surface area contributed by atoms with Crippen molar-refractivity contribution < 1.29 is 4.79 Å². The van der Waals surface area contributed by atoms with E-state index in [0.717, 1.165) is 48.3 Å². The molecule has 0 radical (unpaired) electrons. The van der Waals surface area contributed by atoms with Crippen molar-refractivity contribution >= 4 is 5.78 Å². The van der Waals surface area contributed by atoms with Crippen LogP contribution in [0.25, 0.3) is 0 Å². The topological polar surface area (TPSA) is 17.1 Å². The number of ketones is 1. The molecule has 0 spiro atoms. The highest BCUT2D eigenvalue weighted by molar-refractivity contribution is 5.91. The molecule has 8 atom stereocenters. The number of fused-ring (bicyclic) bond motifs is 5. The molecule has 0 N–H and O–H groups in total. The van der Waals surface area contributed by atoms with Crippen LogP contribution in [0.2, 0.25) is 0 Å². The fraction of sp³-hybridized carbons (Fsp3) is 0.848. The van der Waals surface area contributed by atoms with Gasteiger partial charge in [0.2, 0.25) is 0 Å². The van der Waals surface area contributed by atoms with Crippen LogP contribution in [0.3, 0.4) is 0 Å². The van der Waals surface area contributed by atoms with Crippen molar-refractivity contribution in [1.29, 1.82) is 0 Å². The molecule has 0 saturated heterocycles. The largest absolute Gasteiger partial charge is 0.295 e. The van der Waals surface area contributed by atoms with E-state index in [1.54, 1.807) is 5.57 Å². The van der Waals surface area contributed by atoms with E-state index in [-0.39, 0.29) is 0 Å². The summed E-state index contributed by atoms with van der Waals surface area (Å²) in [7, 11) is 0. The fourth-order valence-electron chi connectivity index (χ4n) is 8.98. The normalized spacial score (nSPS) is 44.9. The fourth-order valence-corrected chi connectivity index (χ4v) is 8.98. The third-order valence-corrected chi connectivity index (χ3v) is 12.0. The number of carbonyl (C=O) groups excluding carboxylic acids is 1. The Bertz CT molecular complexity index is 780. The first-order valence-electron chi connectivity index (χ1n) is 15.0. The minimum atomic E-state index is 0.351. The number of rotatable bonds is 0. The Morgan fingerprint density at radius 2 is 1.53 bits per heavy atom. The SMILES string of the molecule is CC1=CCCC1.C[C@@H]1CCC[C@@H]1C.C[C@H]1CCC2C3CCC4=CC(=O)CC[C@]4(C)C3CC[C@@]21C. The highest BCUT2D eigenvalue weighted by atomic mass is 16.1. The summed E-state index contributed by atoms with van der Waals surface area (Å²) in [6.45, 7) is 14.5. The second kappa shape index (κ2) is 10.6. The van der Waals surface area contributed by atoms with Gasteiger partial charge in [-0.25, -0.2) is 0 Å². The van der Waals surface area contributed by atoms with Gasteiger partial charge in [-0.05, 0) is 124 Å². The number of carbonyl (C=O) groups is 1. The lowest BCUT2D eigenvalue weighted by molar-refractivity contribution is -0.117. The van der Waals surface area contributed by atoms with E-state index in [4.69, 9.17) is 0 Å². The number of allylic oxidation sites excluding steroid dienone is 3. The van der Waals surface area contributed by atoms with Gasteiger partial charge >= 0.3 is 0 Å². The molecule has 0 aromatic heterocycles. The summed E-state index contributed by atoms with van der Waals surface area (Å²) >= 11 is 0. The molecule has 0 amide bonds. The lowest BCUT2D eigenvalue weighted by atomic mass is 9.47. The van der Waals surface area contributed by atoms with Gasteiger partial charge in [0.25, 0.3) is 0 Å². The van der Waals surface area contributed by atoms with E-state index in [1.807, 2.05) is 6.08 Å². The number of hydrogen-bond acceptors (Lipinski definition) is 1. The summed E-state index contributed by atoms with van der Waals surface area (Å²) in [5, 5.41) is 0. The van der Waals surface area contributed by atoms with E-state index >= 15 is 0 Å². The van der Waals surface area contributed by atoms with E-state index < -0.39 is 0 Å². The lowest BCUT2D eigenvalue weighted by Crippen LogP contribution is -2.50. The maximum atomic E-state index is 11.8. The van der Waals surface area contributed by atoms with Gasteiger partial charge < -0.3 is 0 Å². The second-order valence-corrected chi connectivity index (χ2v) is 13.8. The third kappa shape index (κ3) is 5.15. The van der Waals surface area contributed by atoms with Gasteiger partial charge in [-0.3, -0.25) is 4.79 Å². The molecule has 0 aromatic rings. The molecule has 6 aliphatic carbocycles. The van der Waals surface area contributed by atoms with Gasteiger partial charge in [0.1, 0.15) is 0 Å². The molecular weight excluding hydrogens is 412 g/mol. The predicted octanol–water partition coefficient (Wildman–Crippen LogP) is 9.71. The maximum absolute atomic E-state index is 11.8. The Balaban J connectivity index is 0.000000172. The molecule has 6 rings (SSSR count). The summed E-state index contributed by atoms with van der Waals surface area (Å²) in [6.07, 6.45) is 23.1. The minimum absolute atomic E-state index is 0.351. The van der Waals surface area contributed by atoms with Crippen LogP contribution in [0.4, 0.5) is 0 Å². The summed E-state index contributed by atoms with van der Waals surface area (Å²) in [5.41, 5.74) is 4.05. The first kappa shape index (κ1) is 26.2. The molecule has 192 valence electrons. The highest BCUT2D eigenvalue weighted by Gasteiger charge is 2.57. The zero-order valence-corrected chi connectivity index (χ0v) is 23.4. The van der Waals surface area contributed by atoms with Crippen LogP contribution in [0.5, 0.6) is 0 Å². The molecule has 4 fully saturated rings. The van der Waals surface area contributed by atoms with Crippen molar-refractivity contribution in [3.63, 3.8) is 0 Å². The summed E-state index contributed by atoms with van der Waals surface area (Å²) < 4.78 is 0. The van der Waals surface area contributed by atoms with Crippen molar-refractivity contribution in [2.45, 2.75) is 131 Å². The van der Waals surface area contributed by atoms with Gasteiger partial charge in [-0.15, -0.1) is 0 Å². The van der Waals surface area contributed by atoms with Crippen LogP contribution in [0, 0.1) is 46.3 Å². The molecule has 1 heteroatoms. The molecule has 0 aromatic carbocycles. The standard InChI is InChI=1S/C20H30O.C7H14.C6H10/c1-13-4-7-17-16-6-5-14-12-15(21)8-10-20(14,3)18(16)9-11-19(13,17)2;1-6-4-3-5-7(6)2;1-6-4-2-3-5-6/h12-13,16-18H,4-11H2,1-3H3;6-7H,3-5H2,1-2H3;4H,2-3,5H2,1H3/t13-,16?,17?,18?,19+,20-;6-,7+;/m0../s1. The molecule has 3 unspecified atom stereocenters. The molecule has 1 nitrogen and oxygen atoms in total. The first-order chi connectivity index (χ1) is 16.1. The Morgan fingerprint density at radius 3 is 2.09 bits per heavy atom. The molecule has 4 saturated carbocycles. The minimum Gasteiger partial charge on any atom is -0.295 e. The van der Waals surface area contributed by atoms with Crippen LogP contribution in [0.1, 0.15) is 131 Å². The van der Waals surface area contributed by atoms with Crippen molar-refractivity contribution in [3.05, 3.63) is 23.3 Å². The van der Waals surface area contributed by atoms with Crippen molar-refractivity contribution in [1.82, 2.24) is 0 Å². The Morgan fingerprint density at radius 1 is 0.794 bits per heavy atom. The average Bonchev–Trinajstić information content (AvgIpc) is 3.51. The monoisotopic (exact) mass is 466 g/mol. The summed E-state index contributed by atoms with van der Waals surface area (Å²) in [6, 6.07) is 0. The van der Waals surface area contributed by atoms with Crippen molar-refractivity contribution in [2.75, 3.05) is 0 Å². The van der Waals surface area contributed by atoms with Crippen LogP contribution in [-0.2, 0) is 4.79 Å². The number of hydrogen-bond donors (Lipinski definition) is 0. The van der Waals surface area contributed by atoms with Crippen LogP contribution in [0.15, 0.2) is 23.3 Å². The second-order valence-electron chi connectivity index (χ2n) is 13.8. The van der Waals surface area contributed by atoms with Gasteiger partial charge in [0, 0.05) is 6.42 Å².